The quantitative estimate of drug-likeness (QED) is 0.427. The minimum Gasteiger partial charge on any atom is -0.497 e. The van der Waals surface area contributed by atoms with Crippen LogP contribution in [0, 0.1) is 0 Å². The minimum absolute atomic E-state index is 0.169. The highest BCUT2D eigenvalue weighted by atomic mass is 35.5. The molecule has 0 saturated carbocycles. The normalized spacial score (nSPS) is 14.9. The van der Waals surface area contributed by atoms with Gasteiger partial charge >= 0.3 is 6.03 Å². The number of ether oxygens (including phenoxy) is 2. The van der Waals surface area contributed by atoms with Crippen molar-refractivity contribution in [2.45, 2.75) is 6.61 Å². The van der Waals surface area contributed by atoms with E-state index < -0.39 is 17.8 Å². The summed E-state index contributed by atoms with van der Waals surface area (Å²) in [5.74, 6) is -0.361. The summed E-state index contributed by atoms with van der Waals surface area (Å²) >= 11 is 6.00. The summed E-state index contributed by atoms with van der Waals surface area (Å²) in [6.45, 7) is 0.305. The third-order valence-electron chi connectivity index (χ3n) is 4.90. The van der Waals surface area contributed by atoms with Crippen molar-refractivity contribution in [3.05, 3.63) is 94.5 Å². The van der Waals surface area contributed by atoms with E-state index in [-0.39, 0.29) is 5.57 Å². The Morgan fingerprint density at radius 1 is 0.939 bits per heavy atom. The molecule has 4 rings (SSSR count). The number of nitrogens with zero attached hydrogens (tertiary/aromatic N) is 1. The smallest absolute Gasteiger partial charge is 0.335 e. The molecule has 1 N–H and O–H groups in total. The Bertz CT molecular complexity index is 1250. The van der Waals surface area contributed by atoms with E-state index in [0.29, 0.717) is 34.4 Å². The van der Waals surface area contributed by atoms with Gasteiger partial charge < -0.3 is 9.47 Å². The summed E-state index contributed by atoms with van der Waals surface area (Å²) in [7, 11) is 1.51. The molecule has 0 aliphatic carbocycles. The molecule has 166 valence electrons. The highest BCUT2D eigenvalue weighted by Crippen LogP contribution is 2.25. The first kappa shape index (κ1) is 22.1. The number of carbonyl (C=O) groups excluding carboxylic acids is 3. The average molecular weight is 463 g/mol. The van der Waals surface area contributed by atoms with E-state index >= 15 is 0 Å². The number of anilines is 1. The van der Waals surface area contributed by atoms with Gasteiger partial charge in [0.25, 0.3) is 11.8 Å². The van der Waals surface area contributed by atoms with Gasteiger partial charge in [-0.25, -0.2) is 9.69 Å². The molecule has 0 spiro atoms. The summed E-state index contributed by atoms with van der Waals surface area (Å²) in [6.07, 6.45) is 1.42. The monoisotopic (exact) mass is 462 g/mol. The first-order valence-corrected chi connectivity index (χ1v) is 10.4. The van der Waals surface area contributed by atoms with Crippen molar-refractivity contribution >= 4 is 41.2 Å². The van der Waals surface area contributed by atoms with Crippen LogP contribution in [-0.4, -0.2) is 25.0 Å². The molecular weight excluding hydrogens is 444 g/mol. The molecule has 0 bridgehead atoms. The third kappa shape index (κ3) is 5.05. The molecule has 0 aromatic heterocycles. The van der Waals surface area contributed by atoms with E-state index in [1.807, 2.05) is 18.2 Å². The molecule has 1 heterocycles. The predicted octanol–water partition coefficient (Wildman–Crippen LogP) is 4.59. The Morgan fingerprint density at radius 3 is 2.42 bits per heavy atom. The highest BCUT2D eigenvalue weighted by Gasteiger charge is 2.36. The summed E-state index contributed by atoms with van der Waals surface area (Å²) < 4.78 is 10.9. The van der Waals surface area contributed by atoms with E-state index in [2.05, 4.69) is 5.32 Å². The lowest BCUT2D eigenvalue weighted by atomic mass is 10.1. The van der Waals surface area contributed by atoms with Crippen LogP contribution in [0.2, 0.25) is 5.02 Å². The van der Waals surface area contributed by atoms with Crippen LogP contribution in [0.3, 0.4) is 0 Å². The summed E-state index contributed by atoms with van der Waals surface area (Å²) in [4.78, 5) is 38.7. The summed E-state index contributed by atoms with van der Waals surface area (Å²) in [5.41, 5.74) is 1.62. The highest BCUT2D eigenvalue weighted by molar-refractivity contribution is 6.39. The number of halogens is 1. The van der Waals surface area contributed by atoms with Crippen molar-refractivity contribution < 1.29 is 23.9 Å². The van der Waals surface area contributed by atoms with Crippen LogP contribution in [0.4, 0.5) is 10.5 Å². The van der Waals surface area contributed by atoms with Crippen LogP contribution in [0.1, 0.15) is 11.1 Å². The maximum Gasteiger partial charge on any atom is 0.335 e. The lowest BCUT2D eigenvalue weighted by molar-refractivity contribution is -0.122. The molecule has 1 fully saturated rings. The summed E-state index contributed by atoms with van der Waals surface area (Å²) in [5, 5.41) is 2.83. The molecule has 0 unspecified atom stereocenters. The van der Waals surface area contributed by atoms with Gasteiger partial charge in [0, 0.05) is 5.02 Å². The summed E-state index contributed by atoms with van der Waals surface area (Å²) in [6, 6.07) is 19.8. The van der Waals surface area contributed by atoms with Gasteiger partial charge in [0.15, 0.2) is 0 Å². The topological polar surface area (TPSA) is 84.9 Å². The van der Waals surface area contributed by atoms with Crippen LogP contribution < -0.4 is 19.7 Å². The van der Waals surface area contributed by atoms with Gasteiger partial charge in [-0.2, -0.15) is 0 Å². The largest absolute Gasteiger partial charge is 0.497 e. The first-order chi connectivity index (χ1) is 15.9. The van der Waals surface area contributed by atoms with Gasteiger partial charge in [-0.05, 0) is 65.7 Å². The van der Waals surface area contributed by atoms with Crippen molar-refractivity contribution in [3.8, 4) is 11.5 Å². The zero-order valence-corrected chi connectivity index (χ0v) is 18.3. The van der Waals surface area contributed by atoms with Crippen LogP contribution >= 0.6 is 11.6 Å². The lowest BCUT2D eigenvalue weighted by Gasteiger charge is -2.26. The van der Waals surface area contributed by atoms with Gasteiger partial charge in [-0.3, -0.25) is 14.9 Å². The van der Waals surface area contributed by atoms with Crippen LogP contribution in [0.15, 0.2) is 78.4 Å². The van der Waals surface area contributed by atoms with Gasteiger partial charge in [-0.1, -0.05) is 35.9 Å². The fourth-order valence-electron chi connectivity index (χ4n) is 3.28. The zero-order valence-electron chi connectivity index (χ0n) is 17.6. The Hall–Kier alpha value is -4.10. The number of imide groups is 2. The van der Waals surface area contributed by atoms with Crippen molar-refractivity contribution in [1.82, 2.24) is 5.32 Å². The number of barbiturate groups is 1. The van der Waals surface area contributed by atoms with Crippen LogP contribution in [0.25, 0.3) is 6.08 Å². The molecule has 1 saturated heterocycles. The maximum atomic E-state index is 13.0. The fourth-order valence-corrected chi connectivity index (χ4v) is 3.49. The Balaban J connectivity index is 1.56. The molecule has 3 aromatic carbocycles. The SMILES string of the molecule is COc1ccc(N2C(=O)NC(=O)/C(=C/c3cccc(OCc4cccc(Cl)c4)c3)C2=O)cc1. The maximum absolute atomic E-state index is 13.0. The van der Waals surface area contributed by atoms with Crippen molar-refractivity contribution in [2.75, 3.05) is 12.0 Å². The fraction of sp³-hybridized carbons (Fsp3) is 0.0800. The molecule has 0 radical (unpaired) electrons. The molecule has 8 heteroatoms. The zero-order chi connectivity index (χ0) is 23.4. The van der Waals surface area contributed by atoms with E-state index in [4.69, 9.17) is 21.1 Å². The second-order valence-electron chi connectivity index (χ2n) is 7.15. The van der Waals surface area contributed by atoms with Crippen LogP contribution in [-0.2, 0) is 16.2 Å². The number of urea groups is 1. The molecule has 3 aromatic rings. The number of hydrogen-bond donors (Lipinski definition) is 1. The van der Waals surface area contributed by atoms with Crippen molar-refractivity contribution in [2.24, 2.45) is 0 Å². The number of carbonyl (C=O) groups is 3. The molecular formula is C25H19ClN2O5. The van der Waals surface area contributed by atoms with E-state index in [9.17, 15) is 14.4 Å². The van der Waals surface area contributed by atoms with Gasteiger partial charge in [0.1, 0.15) is 23.7 Å². The molecule has 7 nitrogen and oxygen atoms in total. The molecule has 4 amide bonds. The van der Waals surface area contributed by atoms with Gasteiger partial charge in [0.05, 0.1) is 12.8 Å². The number of hydrogen-bond acceptors (Lipinski definition) is 5. The molecule has 0 atom stereocenters. The second kappa shape index (κ2) is 9.58. The van der Waals surface area contributed by atoms with Gasteiger partial charge in [-0.15, -0.1) is 0 Å². The van der Waals surface area contributed by atoms with Gasteiger partial charge in [0.2, 0.25) is 0 Å². The average Bonchev–Trinajstić information content (AvgIpc) is 2.81. The molecule has 33 heavy (non-hydrogen) atoms. The first-order valence-electron chi connectivity index (χ1n) is 9.97. The number of rotatable bonds is 6. The number of amides is 4. The second-order valence-corrected chi connectivity index (χ2v) is 7.58. The minimum atomic E-state index is -0.814. The number of methoxy groups -OCH3 is 1. The Morgan fingerprint density at radius 2 is 1.70 bits per heavy atom. The molecule has 1 aliphatic heterocycles. The van der Waals surface area contributed by atoms with E-state index in [0.717, 1.165) is 10.5 Å². The Labute approximate surface area is 195 Å². The number of benzene rings is 3. The van der Waals surface area contributed by atoms with E-state index in [1.54, 1.807) is 54.6 Å². The van der Waals surface area contributed by atoms with Crippen molar-refractivity contribution in [1.29, 1.82) is 0 Å². The van der Waals surface area contributed by atoms with Crippen molar-refractivity contribution in [3.63, 3.8) is 0 Å². The predicted molar refractivity (Wildman–Crippen MR) is 124 cm³/mol. The number of nitrogens with one attached hydrogen (secondary N) is 1. The third-order valence-corrected chi connectivity index (χ3v) is 5.13. The Kier molecular flexibility index (Phi) is 6.42. The lowest BCUT2D eigenvalue weighted by Crippen LogP contribution is -2.54. The van der Waals surface area contributed by atoms with Crippen LogP contribution in [0.5, 0.6) is 11.5 Å². The van der Waals surface area contributed by atoms with E-state index in [1.165, 1.54) is 13.2 Å². The standard InChI is InChI=1S/C25H19ClN2O5/c1-32-20-10-8-19(9-11-20)28-24(30)22(23(29)27-25(28)31)14-16-4-3-7-21(13-16)33-15-17-5-2-6-18(26)12-17/h2-14H,15H2,1H3,(H,27,29,31)/b22-14-. The molecule has 1 aliphatic rings.